The number of aromatic nitrogens is 1. The molecule has 0 spiro atoms. The summed E-state index contributed by atoms with van der Waals surface area (Å²) in [7, 11) is 0. The Balaban J connectivity index is 1.83. The third-order valence-electron chi connectivity index (χ3n) is 3.98. The molecule has 0 saturated carbocycles. The molecule has 2 heterocycles. The highest BCUT2D eigenvalue weighted by Gasteiger charge is 2.30. The van der Waals surface area contributed by atoms with Gasteiger partial charge in [-0.05, 0) is 25.0 Å². The molecule has 2 aromatic rings. The fourth-order valence-electron chi connectivity index (χ4n) is 2.90. The van der Waals surface area contributed by atoms with Crippen molar-refractivity contribution in [3.05, 3.63) is 36.0 Å². The Hall–Kier alpha value is -1.52. The van der Waals surface area contributed by atoms with E-state index in [1.165, 1.54) is 10.9 Å². The number of morpholine rings is 1. The fraction of sp³-hybridized carbons (Fsp3) is 0.438. The number of amides is 1. The number of ether oxygens (including phenoxy) is 1. The monoisotopic (exact) mass is 306 g/mol. The maximum Gasteiger partial charge on any atom is 0.240 e. The molecule has 1 amide bonds. The van der Waals surface area contributed by atoms with Gasteiger partial charge in [-0.2, -0.15) is 0 Å². The van der Waals surface area contributed by atoms with Crippen LogP contribution in [0.25, 0.3) is 10.9 Å². The Morgan fingerprint density at radius 2 is 2.33 bits per heavy atom. The van der Waals surface area contributed by atoms with Crippen LogP contribution in [-0.4, -0.2) is 47.0 Å². The number of para-hydroxylation sites is 1. The SMILES string of the molecule is CC(Cl)C(=O)N1CCOCC1Cc1c[nH]c2ccccc12. The van der Waals surface area contributed by atoms with Crippen LogP contribution >= 0.6 is 11.6 Å². The highest BCUT2D eigenvalue weighted by molar-refractivity contribution is 6.30. The summed E-state index contributed by atoms with van der Waals surface area (Å²) in [5, 5.41) is 0.711. The molecule has 1 aliphatic rings. The smallest absolute Gasteiger partial charge is 0.240 e. The van der Waals surface area contributed by atoms with Gasteiger partial charge in [0.25, 0.3) is 0 Å². The molecule has 1 N–H and O–H groups in total. The van der Waals surface area contributed by atoms with Crippen LogP contribution in [0.2, 0.25) is 0 Å². The first-order valence-corrected chi connectivity index (χ1v) is 7.67. The number of carbonyl (C=O) groups excluding carboxylic acids is 1. The second kappa shape index (κ2) is 6.08. The van der Waals surface area contributed by atoms with Crippen molar-refractivity contribution in [2.45, 2.75) is 24.8 Å². The first-order valence-electron chi connectivity index (χ1n) is 7.24. The Labute approximate surface area is 129 Å². The van der Waals surface area contributed by atoms with Gasteiger partial charge in [0.05, 0.1) is 19.3 Å². The van der Waals surface area contributed by atoms with E-state index in [0.717, 1.165) is 11.9 Å². The van der Waals surface area contributed by atoms with Gasteiger partial charge in [-0.25, -0.2) is 0 Å². The molecule has 112 valence electrons. The van der Waals surface area contributed by atoms with Crippen LogP contribution < -0.4 is 0 Å². The van der Waals surface area contributed by atoms with Crippen molar-refractivity contribution in [1.82, 2.24) is 9.88 Å². The predicted octanol–water partition coefficient (Wildman–Crippen LogP) is 2.57. The predicted molar refractivity (Wildman–Crippen MR) is 83.6 cm³/mol. The molecule has 4 nitrogen and oxygen atoms in total. The van der Waals surface area contributed by atoms with Crippen LogP contribution in [-0.2, 0) is 16.0 Å². The summed E-state index contributed by atoms with van der Waals surface area (Å²) >= 11 is 5.97. The number of nitrogens with zero attached hydrogens (tertiary/aromatic N) is 1. The number of benzene rings is 1. The number of H-pyrrole nitrogens is 1. The molecule has 1 saturated heterocycles. The molecule has 1 aromatic heterocycles. The van der Waals surface area contributed by atoms with Crippen LogP contribution in [0.15, 0.2) is 30.5 Å². The van der Waals surface area contributed by atoms with Crippen molar-refractivity contribution >= 4 is 28.4 Å². The summed E-state index contributed by atoms with van der Waals surface area (Å²) in [5.74, 6) is -0.00944. The summed E-state index contributed by atoms with van der Waals surface area (Å²) in [6, 6.07) is 8.24. The van der Waals surface area contributed by atoms with Crippen molar-refractivity contribution < 1.29 is 9.53 Å². The summed E-state index contributed by atoms with van der Waals surface area (Å²) in [6.45, 7) is 3.49. The molecule has 21 heavy (non-hydrogen) atoms. The molecule has 0 radical (unpaired) electrons. The number of hydrogen-bond acceptors (Lipinski definition) is 2. The Kier molecular flexibility index (Phi) is 4.17. The standard InChI is InChI=1S/C16H19ClN2O2/c1-11(17)16(20)19-6-7-21-10-13(19)8-12-9-18-15-5-3-2-4-14(12)15/h2-5,9,11,13,18H,6-8,10H2,1H3. The molecule has 1 aromatic carbocycles. The summed E-state index contributed by atoms with van der Waals surface area (Å²) in [4.78, 5) is 17.4. The normalized spacial score (nSPS) is 20.7. The number of alkyl halides is 1. The number of hydrogen-bond donors (Lipinski definition) is 1. The van der Waals surface area contributed by atoms with Gasteiger partial charge in [-0.1, -0.05) is 18.2 Å². The van der Waals surface area contributed by atoms with Gasteiger partial charge < -0.3 is 14.6 Å². The molecule has 1 aliphatic heterocycles. The molecule has 2 atom stereocenters. The van der Waals surface area contributed by atoms with Gasteiger partial charge in [0.2, 0.25) is 5.91 Å². The lowest BCUT2D eigenvalue weighted by Crippen LogP contribution is -2.51. The minimum atomic E-state index is -0.492. The molecule has 1 fully saturated rings. The van der Waals surface area contributed by atoms with E-state index in [4.69, 9.17) is 16.3 Å². The molecule has 0 bridgehead atoms. The lowest BCUT2D eigenvalue weighted by atomic mass is 10.0. The Morgan fingerprint density at radius 1 is 1.52 bits per heavy atom. The van der Waals surface area contributed by atoms with Crippen LogP contribution in [0, 0.1) is 0 Å². The lowest BCUT2D eigenvalue weighted by molar-refractivity contribution is -0.139. The van der Waals surface area contributed by atoms with E-state index < -0.39 is 5.38 Å². The molecule has 3 rings (SSSR count). The van der Waals surface area contributed by atoms with Crippen molar-refractivity contribution in [2.24, 2.45) is 0 Å². The van der Waals surface area contributed by atoms with E-state index in [9.17, 15) is 4.79 Å². The van der Waals surface area contributed by atoms with E-state index >= 15 is 0 Å². The van der Waals surface area contributed by atoms with E-state index in [2.05, 4.69) is 17.1 Å². The third-order valence-corrected chi connectivity index (χ3v) is 4.17. The maximum absolute atomic E-state index is 12.2. The summed E-state index contributed by atoms with van der Waals surface area (Å²) < 4.78 is 5.56. The topological polar surface area (TPSA) is 45.3 Å². The fourth-order valence-corrected chi connectivity index (χ4v) is 3.02. The quantitative estimate of drug-likeness (QED) is 0.886. The average molecular weight is 307 g/mol. The second-order valence-corrected chi connectivity index (χ2v) is 6.09. The zero-order chi connectivity index (χ0) is 14.8. The van der Waals surface area contributed by atoms with Crippen molar-refractivity contribution in [3.8, 4) is 0 Å². The van der Waals surface area contributed by atoms with Crippen LogP contribution in [0.3, 0.4) is 0 Å². The van der Waals surface area contributed by atoms with Crippen molar-refractivity contribution in [2.75, 3.05) is 19.8 Å². The molecule has 2 unspecified atom stereocenters. The van der Waals surface area contributed by atoms with Crippen molar-refractivity contribution in [3.63, 3.8) is 0 Å². The first kappa shape index (κ1) is 14.4. The summed E-state index contributed by atoms with van der Waals surface area (Å²) in [5.41, 5.74) is 2.33. The highest BCUT2D eigenvalue weighted by Crippen LogP contribution is 2.22. The van der Waals surface area contributed by atoms with Gasteiger partial charge in [0, 0.05) is 23.6 Å². The van der Waals surface area contributed by atoms with Crippen LogP contribution in [0.4, 0.5) is 0 Å². The molecule has 5 heteroatoms. The third kappa shape index (κ3) is 2.92. The zero-order valence-electron chi connectivity index (χ0n) is 12.0. The highest BCUT2D eigenvalue weighted by atomic mass is 35.5. The van der Waals surface area contributed by atoms with E-state index in [-0.39, 0.29) is 11.9 Å². The summed E-state index contributed by atoms with van der Waals surface area (Å²) in [6.07, 6.45) is 2.80. The van der Waals surface area contributed by atoms with E-state index in [1.54, 1.807) is 6.92 Å². The Morgan fingerprint density at radius 3 is 3.14 bits per heavy atom. The minimum absolute atomic E-state index is 0.00944. The van der Waals surface area contributed by atoms with Gasteiger partial charge >= 0.3 is 0 Å². The Bertz CT molecular complexity index is 638. The number of nitrogens with one attached hydrogen (secondary N) is 1. The zero-order valence-corrected chi connectivity index (χ0v) is 12.8. The van der Waals surface area contributed by atoms with Gasteiger partial charge in [0.1, 0.15) is 5.38 Å². The lowest BCUT2D eigenvalue weighted by Gasteiger charge is -2.36. The average Bonchev–Trinajstić information content (AvgIpc) is 2.90. The minimum Gasteiger partial charge on any atom is -0.377 e. The van der Waals surface area contributed by atoms with Gasteiger partial charge in [0.15, 0.2) is 0 Å². The second-order valence-electron chi connectivity index (χ2n) is 5.44. The first-order chi connectivity index (χ1) is 10.2. The number of aromatic amines is 1. The number of carbonyl (C=O) groups is 1. The van der Waals surface area contributed by atoms with Crippen molar-refractivity contribution in [1.29, 1.82) is 0 Å². The number of rotatable bonds is 3. The van der Waals surface area contributed by atoms with Crippen LogP contribution in [0.1, 0.15) is 12.5 Å². The van der Waals surface area contributed by atoms with E-state index in [0.29, 0.717) is 19.8 Å². The number of fused-ring (bicyclic) bond motifs is 1. The molecule has 0 aliphatic carbocycles. The van der Waals surface area contributed by atoms with E-state index in [1.807, 2.05) is 23.2 Å². The van der Waals surface area contributed by atoms with Gasteiger partial charge in [-0.3, -0.25) is 4.79 Å². The van der Waals surface area contributed by atoms with Gasteiger partial charge in [-0.15, -0.1) is 11.6 Å². The number of halogens is 1. The molecular weight excluding hydrogens is 288 g/mol. The van der Waals surface area contributed by atoms with Crippen LogP contribution in [0.5, 0.6) is 0 Å². The molecular formula is C16H19ClN2O2. The maximum atomic E-state index is 12.2. The largest absolute Gasteiger partial charge is 0.377 e.